The van der Waals surface area contributed by atoms with Crippen LogP contribution in [-0.2, 0) is 14.9 Å². The lowest BCUT2D eigenvalue weighted by Gasteiger charge is -2.39. The molecule has 7 heteroatoms. The number of hydrogen-bond donors (Lipinski definition) is 1. The standard InChI is InChI=1S/C31H27NO5S/c1-18-8-14-21(15-9-18)38(35,36)37-20-12-10-19(11-13-20)26-27-24(16-31(2,3)17-25(27)33)32-29-22-6-4-5-7-23(22)30(34)28(26)29/h4-15,26,32H,16-17H2,1-3H3/t26-/m1/s1. The first-order chi connectivity index (χ1) is 18.0. The number of nitrogens with one attached hydrogen (secondary N) is 1. The zero-order valence-electron chi connectivity index (χ0n) is 21.4. The van der Waals surface area contributed by atoms with E-state index in [1.807, 2.05) is 31.2 Å². The summed E-state index contributed by atoms with van der Waals surface area (Å²) < 4.78 is 30.9. The van der Waals surface area contributed by atoms with Crippen LogP contribution in [0.1, 0.15) is 59.7 Å². The number of Topliss-reactive ketones (excluding diaryl/α,β-unsaturated/α-hetero) is 2. The Morgan fingerprint density at radius 1 is 0.842 bits per heavy atom. The maximum Gasteiger partial charge on any atom is 0.339 e. The summed E-state index contributed by atoms with van der Waals surface area (Å²) in [5, 5.41) is 3.47. The van der Waals surface area contributed by atoms with E-state index < -0.39 is 16.0 Å². The van der Waals surface area contributed by atoms with Crippen LogP contribution in [0.25, 0.3) is 5.70 Å². The van der Waals surface area contributed by atoms with Crippen molar-refractivity contribution in [2.24, 2.45) is 5.41 Å². The first-order valence-corrected chi connectivity index (χ1v) is 14.0. The fourth-order valence-corrected chi connectivity index (χ4v) is 6.65. The minimum absolute atomic E-state index is 0.0198. The highest BCUT2D eigenvalue weighted by Crippen LogP contribution is 2.51. The van der Waals surface area contributed by atoms with E-state index in [2.05, 4.69) is 19.2 Å². The van der Waals surface area contributed by atoms with Gasteiger partial charge in [-0.05, 0) is 48.6 Å². The van der Waals surface area contributed by atoms with Crippen molar-refractivity contribution in [3.05, 3.63) is 112 Å². The predicted octanol–water partition coefficient (Wildman–Crippen LogP) is 5.70. The van der Waals surface area contributed by atoms with Gasteiger partial charge in [0.25, 0.3) is 0 Å². The Labute approximate surface area is 222 Å². The molecule has 0 amide bonds. The smallest absolute Gasteiger partial charge is 0.339 e. The van der Waals surface area contributed by atoms with Gasteiger partial charge in [0.1, 0.15) is 10.6 Å². The van der Waals surface area contributed by atoms with Crippen molar-refractivity contribution >= 4 is 27.4 Å². The Balaban J connectivity index is 1.40. The number of fused-ring (bicyclic) bond motifs is 2. The fraction of sp³-hybridized carbons (Fsp3) is 0.226. The van der Waals surface area contributed by atoms with Crippen LogP contribution in [0, 0.1) is 12.3 Å². The highest BCUT2D eigenvalue weighted by molar-refractivity contribution is 7.87. The minimum Gasteiger partial charge on any atom is -0.379 e. The molecule has 1 N–H and O–H groups in total. The van der Waals surface area contributed by atoms with Gasteiger partial charge in [-0.3, -0.25) is 9.59 Å². The molecular weight excluding hydrogens is 498 g/mol. The molecule has 3 aliphatic rings. The molecule has 2 aliphatic carbocycles. The summed E-state index contributed by atoms with van der Waals surface area (Å²) in [6.07, 6.45) is 1.08. The normalized spacial score (nSPS) is 20.0. The molecular formula is C31H27NO5S. The molecule has 3 aromatic carbocycles. The average Bonchev–Trinajstić information content (AvgIpc) is 3.14. The molecule has 0 fully saturated rings. The molecule has 6 rings (SSSR count). The van der Waals surface area contributed by atoms with Gasteiger partial charge in [0.05, 0.1) is 5.70 Å². The van der Waals surface area contributed by atoms with E-state index in [1.54, 1.807) is 36.4 Å². The third-order valence-electron chi connectivity index (χ3n) is 7.46. The van der Waals surface area contributed by atoms with Crippen LogP contribution in [-0.4, -0.2) is 20.0 Å². The number of aryl methyl sites for hydroxylation is 1. The molecule has 0 saturated carbocycles. The zero-order chi connectivity index (χ0) is 26.8. The monoisotopic (exact) mass is 525 g/mol. The van der Waals surface area contributed by atoms with Crippen molar-refractivity contribution in [2.45, 2.75) is 44.4 Å². The van der Waals surface area contributed by atoms with Crippen molar-refractivity contribution in [3.8, 4) is 5.75 Å². The first kappa shape index (κ1) is 24.4. The summed E-state index contributed by atoms with van der Waals surface area (Å²) in [6, 6.07) is 20.6. The summed E-state index contributed by atoms with van der Waals surface area (Å²) in [4.78, 5) is 27.2. The van der Waals surface area contributed by atoms with Gasteiger partial charge < -0.3 is 9.50 Å². The van der Waals surface area contributed by atoms with E-state index in [1.165, 1.54) is 12.1 Å². The molecule has 38 heavy (non-hydrogen) atoms. The van der Waals surface area contributed by atoms with Crippen molar-refractivity contribution < 1.29 is 22.2 Å². The van der Waals surface area contributed by atoms with Crippen molar-refractivity contribution in [3.63, 3.8) is 0 Å². The molecule has 6 nitrogen and oxygen atoms in total. The molecule has 1 atom stereocenters. The molecule has 3 aromatic rings. The Hall–Kier alpha value is -3.97. The zero-order valence-corrected chi connectivity index (χ0v) is 22.2. The molecule has 0 unspecified atom stereocenters. The second-order valence-corrected chi connectivity index (χ2v) is 12.5. The number of rotatable bonds is 4. The molecule has 0 aromatic heterocycles. The van der Waals surface area contributed by atoms with Gasteiger partial charge in [-0.1, -0.05) is 67.9 Å². The van der Waals surface area contributed by atoms with Crippen LogP contribution in [0.3, 0.4) is 0 Å². The summed E-state index contributed by atoms with van der Waals surface area (Å²) >= 11 is 0. The van der Waals surface area contributed by atoms with Gasteiger partial charge in [-0.15, -0.1) is 0 Å². The maximum absolute atomic E-state index is 13.6. The van der Waals surface area contributed by atoms with Gasteiger partial charge in [-0.25, -0.2) is 0 Å². The van der Waals surface area contributed by atoms with E-state index in [0.717, 1.165) is 28.1 Å². The lowest BCUT2D eigenvalue weighted by Crippen LogP contribution is -2.37. The summed E-state index contributed by atoms with van der Waals surface area (Å²) in [6.45, 7) is 6.03. The first-order valence-electron chi connectivity index (χ1n) is 12.6. The van der Waals surface area contributed by atoms with Gasteiger partial charge >= 0.3 is 10.1 Å². The van der Waals surface area contributed by atoms with Crippen LogP contribution in [0.2, 0.25) is 0 Å². The number of ketones is 2. The van der Waals surface area contributed by atoms with Gasteiger partial charge in [0, 0.05) is 40.3 Å². The van der Waals surface area contributed by atoms with Crippen molar-refractivity contribution in [1.29, 1.82) is 0 Å². The van der Waals surface area contributed by atoms with E-state index in [4.69, 9.17) is 4.18 Å². The molecule has 1 aliphatic heterocycles. The number of dihydropyridines is 1. The number of carbonyl (C=O) groups is 2. The van der Waals surface area contributed by atoms with E-state index in [-0.39, 0.29) is 27.6 Å². The lowest BCUT2D eigenvalue weighted by molar-refractivity contribution is -0.118. The number of benzene rings is 3. The molecule has 1 heterocycles. The van der Waals surface area contributed by atoms with Crippen molar-refractivity contribution in [1.82, 2.24) is 5.32 Å². The highest BCUT2D eigenvalue weighted by Gasteiger charge is 2.46. The van der Waals surface area contributed by atoms with Crippen LogP contribution in [0.15, 0.2) is 94.5 Å². The third-order valence-corrected chi connectivity index (χ3v) is 8.72. The molecule has 0 bridgehead atoms. The number of allylic oxidation sites excluding steroid dienone is 3. The number of hydrogen-bond acceptors (Lipinski definition) is 6. The largest absolute Gasteiger partial charge is 0.379 e. The second kappa shape index (κ2) is 8.53. The van der Waals surface area contributed by atoms with Gasteiger partial charge in [-0.2, -0.15) is 8.42 Å². The van der Waals surface area contributed by atoms with E-state index in [9.17, 15) is 18.0 Å². The van der Waals surface area contributed by atoms with Crippen LogP contribution < -0.4 is 9.50 Å². The summed E-state index contributed by atoms with van der Waals surface area (Å²) in [7, 11) is -4.00. The Morgan fingerprint density at radius 2 is 1.50 bits per heavy atom. The molecule has 0 spiro atoms. The van der Waals surface area contributed by atoms with E-state index >= 15 is 0 Å². The van der Waals surface area contributed by atoms with Gasteiger partial charge in [0.2, 0.25) is 0 Å². The average molecular weight is 526 g/mol. The summed E-state index contributed by atoms with van der Waals surface area (Å²) in [5.74, 6) is -0.470. The van der Waals surface area contributed by atoms with Gasteiger partial charge in [0.15, 0.2) is 11.6 Å². The van der Waals surface area contributed by atoms with E-state index in [0.29, 0.717) is 29.6 Å². The highest BCUT2D eigenvalue weighted by atomic mass is 32.2. The molecule has 0 radical (unpaired) electrons. The Kier molecular flexibility index (Phi) is 5.47. The topological polar surface area (TPSA) is 89.5 Å². The van der Waals surface area contributed by atoms with Crippen molar-refractivity contribution in [2.75, 3.05) is 0 Å². The quantitative estimate of drug-likeness (QED) is 0.440. The predicted molar refractivity (Wildman–Crippen MR) is 144 cm³/mol. The van der Waals surface area contributed by atoms with Crippen LogP contribution in [0.5, 0.6) is 5.75 Å². The van der Waals surface area contributed by atoms with Crippen LogP contribution >= 0.6 is 0 Å². The molecule has 0 saturated heterocycles. The molecule has 192 valence electrons. The fourth-order valence-electron chi connectivity index (χ4n) is 5.72. The Morgan fingerprint density at radius 3 is 2.18 bits per heavy atom. The maximum atomic E-state index is 13.6. The number of carbonyl (C=O) groups excluding carboxylic acids is 2. The SMILES string of the molecule is Cc1ccc(S(=O)(=O)Oc2ccc([C@@H]3C4=C(CC(C)(C)CC4=O)NC4=C3C(=O)c3ccccc34)cc2)cc1. The lowest BCUT2D eigenvalue weighted by atomic mass is 9.68. The minimum atomic E-state index is -4.00. The second-order valence-electron chi connectivity index (χ2n) is 11.0. The third kappa shape index (κ3) is 3.98. The summed E-state index contributed by atoms with van der Waals surface area (Å²) in [5.41, 5.74) is 5.71. The Bertz CT molecular complexity index is 1680. The van der Waals surface area contributed by atoms with Crippen LogP contribution in [0.4, 0.5) is 0 Å².